The van der Waals surface area contributed by atoms with Crippen LogP contribution < -0.4 is 0 Å². The van der Waals surface area contributed by atoms with Crippen LogP contribution in [0.15, 0.2) is 0 Å². The number of piperidine rings is 1. The molecule has 2 aliphatic heterocycles. The zero-order valence-electron chi connectivity index (χ0n) is 7.21. The fourth-order valence-electron chi connectivity index (χ4n) is 1.72. The minimum Gasteiger partial charge on any atom is -0.453 e. The molecule has 1 spiro atoms. The van der Waals surface area contributed by atoms with E-state index in [1.165, 1.54) is 7.11 Å². The summed E-state index contributed by atoms with van der Waals surface area (Å²) in [5, 5.41) is 0. The Hall–Kier alpha value is -0.770. The van der Waals surface area contributed by atoms with Crippen molar-refractivity contribution in [2.24, 2.45) is 0 Å². The first-order chi connectivity index (χ1) is 5.76. The molecule has 2 heterocycles. The first-order valence-corrected chi connectivity index (χ1v) is 4.23. The molecule has 68 valence electrons. The number of amides is 1. The molecule has 2 aliphatic rings. The van der Waals surface area contributed by atoms with E-state index in [1.54, 1.807) is 4.90 Å². The van der Waals surface area contributed by atoms with Gasteiger partial charge in [0, 0.05) is 6.54 Å². The van der Waals surface area contributed by atoms with Crippen molar-refractivity contribution in [3.05, 3.63) is 0 Å². The van der Waals surface area contributed by atoms with E-state index in [2.05, 4.69) is 4.74 Å². The van der Waals surface area contributed by atoms with Gasteiger partial charge in [-0.25, -0.2) is 4.79 Å². The molecule has 1 atom stereocenters. The van der Waals surface area contributed by atoms with Gasteiger partial charge in [-0.15, -0.1) is 0 Å². The summed E-state index contributed by atoms with van der Waals surface area (Å²) in [7, 11) is 1.41. The Morgan fingerprint density at radius 3 is 3.00 bits per heavy atom. The summed E-state index contributed by atoms with van der Waals surface area (Å²) >= 11 is 0. The van der Waals surface area contributed by atoms with Crippen LogP contribution in [0, 0.1) is 0 Å². The fourth-order valence-corrected chi connectivity index (χ4v) is 1.72. The average Bonchev–Trinajstić information content (AvgIpc) is 2.84. The molecule has 0 aromatic carbocycles. The molecule has 4 heteroatoms. The lowest BCUT2D eigenvalue weighted by atomic mass is 9.99. The first-order valence-electron chi connectivity index (χ1n) is 4.23. The van der Waals surface area contributed by atoms with Gasteiger partial charge in [-0.05, 0) is 12.8 Å². The van der Waals surface area contributed by atoms with Crippen LogP contribution in [0.25, 0.3) is 0 Å². The van der Waals surface area contributed by atoms with Crippen molar-refractivity contribution >= 4 is 6.09 Å². The molecule has 2 fully saturated rings. The summed E-state index contributed by atoms with van der Waals surface area (Å²) in [6, 6.07) is 0. The normalized spacial score (nSPS) is 33.6. The lowest BCUT2D eigenvalue weighted by Crippen LogP contribution is -2.44. The van der Waals surface area contributed by atoms with E-state index < -0.39 is 0 Å². The molecule has 0 aromatic rings. The maximum Gasteiger partial charge on any atom is 0.409 e. The summed E-state index contributed by atoms with van der Waals surface area (Å²) < 4.78 is 9.95. The lowest BCUT2D eigenvalue weighted by molar-refractivity contribution is 0.0905. The number of ether oxygens (including phenoxy) is 2. The fraction of sp³-hybridized carbons (Fsp3) is 0.875. The third-order valence-corrected chi connectivity index (χ3v) is 2.52. The molecular formula is C8H13NO3. The summed E-state index contributed by atoms with van der Waals surface area (Å²) in [4.78, 5) is 12.8. The standard InChI is InChI=1S/C8H13NO3/c1-11-7(10)9-4-2-3-8(5-9)6-12-8/h2-6H2,1H3. The molecule has 1 unspecified atom stereocenters. The van der Waals surface area contributed by atoms with Crippen LogP contribution in [0.5, 0.6) is 0 Å². The highest BCUT2D eigenvalue weighted by Gasteiger charge is 2.48. The molecule has 0 bridgehead atoms. The summed E-state index contributed by atoms with van der Waals surface area (Å²) in [6.07, 6.45) is 1.87. The minimum atomic E-state index is -0.232. The second-order valence-corrected chi connectivity index (χ2v) is 3.47. The minimum absolute atomic E-state index is 0.00639. The summed E-state index contributed by atoms with van der Waals surface area (Å²) in [6.45, 7) is 2.32. The van der Waals surface area contributed by atoms with E-state index in [9.17, 15) is 4.79 Å². The predicted molar refractivity (Wildman–Crippen MR) is 41.9 cm³/mol. The van der Waals surface area contributed by atoms with Gasteiger partial charge in [0.05, 0.1) is 20.3 Å². The topological polar surface area (TPSA) is 42.1 Å². The number of likely N-dealkylation sites (tertiary alicyclic amines) is 1. The molecule has 1 amide bonds. The van der Waals surface area contributed by atoms with Gasteiger partial charge in [-0.3, -0.25) is 0 Å². The predicted octanol–water partition coefficient (Wildman–Crippen LogP) is 0.618. The van der Waals surface area contributed by atoms with Crippen molar-refractivity contribution in [1.29, 1.82) is 0 Å². The Kier molecular flexibility index (Phi) is 1.72. The molecule has 0 aliphatic carbocycles. The van der Waals surface area contributed by atoms with Crippen molar-refractivity contribution in [1.82, 2.24) is 4.90 Å². The number of carbonyl (C=O) groups excluding carboxylic acids is 1. The maximum atomic E-state index is 11.1. The van der Waals surface area contributed by atoms with E-state index >= 15 is 0 Å². The van der Waals surface area contributed by atoms with Crippen molar-refractivity contribution < 1.29 is 14.3 Å². The van der Waals surface area contributed by atoms with E-state index in [4.69, 9.17) is 4.74 Å². The second-order valence-electron chi connectivity index (χ2n) is 3.47. The third-order valence-electron chi connectivity index (χ3n) is 2.52. The van der Waals surface area contributed by atoms with Gasteiger partial charge >= 0.3 is 6.09 Å². The summed E-state index contributed by atoms with van der Waals surface area (Å²) in [5.74, 6) is 0. The zero-order chi connectivity index (χ0) is 8.60. The Morgan fingerprint density at radius 1 is 1.67 bits per heavy atom. The molecule has 2 rings (SSSR count). The van der Waals surface area contributed by atoms with Crippen LogP contribution >= 0.6 is 0 Å². The molecule has 0 radical (unpaired) electrons. The molecule has 12 heavy (non-hydrogen) atoms. The van der Waals surface area contributed by atoms with Gasteiger partial charge < -0.3 is 14.4 Å². The molecule has 0 N–H and O–H groups in total. The number of nitrogens with zero attached hydrogens (tertiary/aromatic N) is 1. The van der Waals surface area contributed by atoms with Crippen LogP contribution in [-0.2, 0) is 9.47 Å². The lowest BCUT2D eigenvalue weighted by Gasteiger charge is -2.29. The Labute approximate surface area is 71.4 Å². The highest BCUT2D eigenvalue weighted by molar-refractivity contribution is 5.67. The Bertz CT molecular complexity index is 200. The maximum absolute atomic E-state index is 11.1. The van der Waals surface area contributed by atoms with E-state index in [-0.39, 0.29) is 11.7 Å². The Balaban J connectivity index is 1.94. The van der Waals surface area contributed by atoms with E-state index in [0.717, 1.165) is 26.0 Å². The molecule has 4 nitrogen and oxygen atoms in total. The highest BCUT2D eigenvalue weighted by atomic mass is 16.6. The van der Waals surface area contributed by atoms with Crippen molar-refractivity contribution in [3.8, 4) is 0 Å². The van der Waals surface area contributed by atoms with Crippen LogP contribution in [0.4, 0.5) is 4.79 Å². The molecule has 2 saturated heterocycles. The van der Waals surface area contributed by atoms with Gasteiger partial charge in [0.2, 0.25) is 0 Å². The van der Waals surface area contributed by atoms with Gasteiger partial charge in [-0.1, -0.05) is 0 Å². The monoisotopic (exact) mass is 171 g/mol. The number of hydrogen-bond donors (Lipinski definition) is 0. The second kappa shape index (κ2) is 2.62. The molecular weight excluding hydrogens is 158 g/mol. The van der Waals surface area contributed by atoms with Gasteiger partial charge in [0.25, 0.3) is 0 Å². The summed E-state index contributed by atoms with van der Waals surface area (Å²) in [5.41, 5.74) is 0.00639. The third kappa shape index (κ3) is 1.27. The van der Waals surface area contributed by atoms with Crippen molar-refractivity contribution in [3.63, 3.8) is 0 Å². The van der Waals surface area contributed by atoms with E-state index in [0.29, 0.717) is 6.54 Å². The van der Waals surface area contributed by atoms with Gasteiger partial charge in [0.15, 0.2) is 0 Å². The van der Waals surface area contributed by atoms with Crippen LogP contribution in [0.3, 0.4) is 0 Å². The highest BCUT2D eigenvalue weighted by Crippen LogP contribution is 2.36. The van der Waals surface area contributed by atoms with E-state index in [1.807, 2.05) is 0 Å². The number of epoxide rings is 1. The number of methoxy groups -OCH3 is 1. The number of rotatable bonds is 0. The largest absolute Gasteiger partial charge is 0.453 e. The number of carbonyl (C=O) groups is 1. The molecule has 0 aromatic heterocycles. The van der Waals surface area contributed by atoms with Crippen LogP contribution in [0.2, 0.25) is 0 Å². The van der Waals surface area contributed by atoms with Crippen LogP contribution in [-0.4, -0.2) is 43.4 Å². The first kappa shape index (κ1) is 7.86. The van der Waals surface area contributed by atoms with Crippen molar-refractivity contribution in [2.45, 2.75) is 18.4 Å². The molecule has 0 saturated carbocycles. The van der Waals surface area contributed by atoms with Crippen molar-refractivity contribution in [2.75, 3.05) is 26.8 Å². The number of hydrogen-bond acceptors (Lipinski definition) is 3. The average molecular weight is 171 g/mol. The quantitative estimate of drug-likeness (QED) is 0.502. The van der Waals surface area contributed by atoms with Crippen LogP contribution in [0.1, 0.15) is 12.8 Å². The van der Waals surface area contributed by atoms with Gasteiger partial charge in [-0.2, -0.15) is 0 Å². The smallest absolute Gasteiger partial charge is 0.409 e. The zero-order valence-corrected chi connectivity index (χ0v) is 7.21. The Morgan fingerprint density at radius 2 is 2.42 bits per heavy atom. The SMILES string of the molecule is COC(=O)N1CCCC2(CO2)C1. The van der Waals surface area contributed by atoms with Gasteiger partial charge in [0.1, 0.15) is 5.60 Å².